The highest BCUT2D eigenvalue weighted by molar-refractivity contribution is 7.62. The van der Waals surface area contributed by atoms with Crippen LogP contribution in [0.2, 0.25) is 0 Å². The van der Waals surface area contributed by atoms with Crippen LogP contribution in [-0.2, 0) is 12.8 Å². The number of phenolic OH excluding ortho intramolecular Hbond substituents is 1. The van der Waals surface area contributed by atoms with Crippen molar-refractivity contribution in [3.05, 3.63) is 93.8 Å². The molecule has 0 aliphatic carbocycles. The fraction of sp³-hybridized carbons (Fsp3) is 0.208. The van der Waals surface area contributed by atoms with Crippen LogP contribution in [-0.4, -0.2) is 27.5 Å². The number of hydrogen-bond acceptors (Lipinski definition) is 4. The Morgan fingerprint density at radius 3 is 2.10 bits per heavy atom. The Balaban J connectivity index is 1.80. The van der Waals surface area contributed by atoms with Crippen LogP contribution in [0.25, 0.3) is 0 Å². The molecule has 6 heteroatoms. The fourth-order valence-corrected chi connectivity index (χ4v) is 3.77. The topological polar surface area (TPSA) is 69.9 Å². The van der Waals surface area contributed by atoms with Gasteiger partial charge in [-0.1, -0.05) is 24.3 Å². The maximum Gasteiger partial charge on any atom is 0.152 e. The molecule has 3 aromatic rings. The van der Waals surface area contributed by atoms with Gasteiger partial charge < -0.3 is 19.6 Å². The fourth-order valence-electron chi connectivity index (χ4n) is 3.41. The number of hydrogen-bond donors (Lipinski definition) is 3. The van der Waals surface area contributed by atoms with Crippen LogP contribution in [0, 0.1) is 19.7 Å². The smallest absolute Gasteiger partial charge is 0.152 e. The summed E-state index contributed by atoms with van der Waals surface area (Å²) in [4.78, 5) is 18.9. The van der Waals surface area contributed by atoms with Crippen molar-refractivity contribution in [2.45, 2.75) is 26.7 Å². The third-order valence-electron chi connectivity index (χ3n) is 4.94. The van der Waals surface area contributed by atoms with Gasteiger partial charge in [-0.05, 0) is 90.3 Å². The van der Waals surface area contributed by atoms with Crippen molar-refractivity contribution >= 4 is 13.6 Å². The first kappa shape index (κ1) is 22.1. The van der Waals surface area contributed by atoms with Crippen LogP contribution in [0.15, 0.2) is 54.6 Å². The molecule has 0 radical (unpaired) electrons. The zero-order valence-corrected chi connectivity index (χ0v) is 18.0. The minimum absolute atomic E-state index is 0.212. The van der Waals surface area contributed by atoms with Crippen LogP contribution < -0.4 is 4.74 Å². The molecule has 0 bridgehead atoms. The Hall–Kier alpha value is -2.59. The SMILES string of the molecule is C=P(O)(O)COc1cc(C)c(Cc2ccc(O)c(Cc3ccc(F)cc3)c2)c(C)c1. The zero-order valence-electron chi connectivity index (χ0n) is 17.1. The summed E-state index contributed by atoms with van der Waals surface area (Å²) in [5.74, 6) is 0.511. The van der Waals surface area contributed by atoms with Crippen molar-refractivity contribution < 1.29 is 24.0 Å². The van der Waals surface area contributed by atoms with Crippen molar-refractivity contribution in [3.63, 3.8) is 0 Å². The summed E-state index contributed by atoms with van der Waals surface area (Å²) in [6.45, 7) is 3.97. The number of aromatic hydroxyl groups is 1. The Kier molecular flexibility index (Phi) is 6.67. The molecule has 3 rings (SSSR count). The number of benzene rings is 3. The first-order valence-corrected chi connectivity index (χ1v) is 11.6. The number of rotatable bonds is 7. The van der Waals surface area contributed by atoms with Gasteiger partial charge in [-0.25, -0.2) is 4.39 Å². The molecule has 0 atom stereocenters. The molecule has 0 heterocycles. The average molecular weight is 428 g/mol. The summed E-state index contributed by atoms with van der Waals surface area (Å²) in [5.41, 5.74) is 5.97. The number of phenols is 1. The number of ether oxygens (including phenoxy) is 1. The van der Waals surface area contributed by atoms with E-state index in [-0.39, 0.29) is 17.9 Å². The van der Waals surface area contributed by atoms with E-state index in [2.05, 4.69) is 6.30 Å². The summed E-state index contributed by atoms with van der Waals surface area (Å²) in [5, 5.41) is 10.3. The van der Waals surface area contributed by atoms with E-state index >= 15 is 0 Å². The van der Waals surface area contributed by atoms with Crippen LogP contribution in [0.1, 0.15) is 33.4 Å². The van der Waals surface area contributed by atoms with E-state index in [9.17, 15) is 19.3 Å². The molecule has 3 N–H and O–H groups in total. The van der Waals surface area contributed by atoms with Crippen molar-refractivity contribution in [2.75, 3.05) is 6.35 Å². The van der Waals surface area contributed by atoms with Crippen molar-refractivity contribution in [3.8, 4) is 11.5 Å². The second-order valence-electron chi connectivity index (χ2n) is 7.63. The summed E-state index contributed by atoms with van der Waals surface area (Å²) in [6.07, 6.45) is 4.30. The predicted octanol–water partition coefficient (Wildman–Crippen LogP) is 4.93. The molecule has 0 unspecified atom stereocenters. The van der Waals surface area contributed by atoms with E-state index in [1.165, 1.54) is 12.1 Å². The van der Waals surface area contributed by atoms with Crippen molar-refractivity contribution in [2.24, 2.45) is 0 Å². The lowest BCUT2D eigenvalue weighted by atomic mass is 9.93. The standard InChI is InChI=1S/C24H26FO4P/c1-16-10-22(29-15-30(3,27)28)11-17(2)23(16)14-19-6-9-24(26)20(13-19)12-18-4-7-21(25)8-5-18/h4-11,13,26-28H,3,12,14-15H2,1-2H3. The Labute approximate surface area is 176 Å². The maximum absolute atomic E-state index is 13.1. The Bertz CT molecular complexity index is 1060. The van der Waals surface area contributed by atoms with Crippen molar-refractivity contribution in [1.82, 2.24) is 0 Å². The van der Waals surface area contributed by atoms with Gasteiger partial charge in [-0.15, -0.1) is 0 Å². The summed E-state index contributed by atoms with van der Waals surface area (Å²) in [7, 11) is -3.24. The molecule has 3 aromatic carbocycles. The minimum atomic E-state index is -3.24. The van der Waals surface area contributed by atoms with E-state index in [0.29, 0.717) is 18.6 Å². The molecular formula is C24H26FO4P. The molecule has 30 heavy (non-hydrogen) atoms. The molecule has 0 aliphatic heterocycles. The van der Waals surface area contributed by atoms with E-state index < -0.39 is 7.34 Å². The first-order valence-electron chi connectivity index (χ1n) is 9.57. The lowest BCUT2D eigenvalue weighted by molar-refractivity contribution is 0.344. The molecule has 158 valence electrons. The molecule has 0 aromatic heterocycles. The van der Waals surface area contributed by atoms with Crippen LogP contribution in [0.5, 0.6) is 11.5 Å². The first-order chi connectivity index (χ1) is 14.1. The van der Waals surface area contributed by atoms with Crippen LogP contribution >= 0.6 is 7.34 Å². The second kappa shape index (κ2) is 9.05. The Morgan fingerprint density at radius 1 is 0.900 bits per heavy atom. The third kappa shape index (κ3) is 5.96. The summed E-state index contributed by atoms with van der Waals surface area (Å²) in [6, 6.07) is 15.6. The van der Waals surface area contributed by atoms with E-state index in [1.807, 2.05) is 38.1 Å². The molecule has 0 fully saturated rings. The normalized spacial score (nSPS) is 11.5. The van der Waals surface area contributed by atoms with Gasteiger partial charge in [0.1, 0.15) is 24.7 Å². The van der Waals surface area contributed by atoms with Gasteiger partial charge in [0.15, 0.2) is 6.35 Å². The van der Waals surface area contributed by atoms with Gasteiger partial charge in [-0.2, -0.15) is 0 Å². The maximum atomic E-state index is 13.1. The van der Waals surface area contributed by atoms with Gasteiger partial charge in [0.25, 0.3) is 0 Å². The van der Waals surface area contributed by atoms with Crippen LogP contribution in [0.4, 0.5) is 4.39 Å². The number of aryl methyl sites for hydroxylation is 2. The minimum Gasteiger partial charge on any atom is -0.508 e. The van der Waals surface area contributed by atoms with E-state index in [4.69, 9.17) is 4.74 Å². The second-order valence-corrected chi connectivity index (χ2v) is 9.65. The zero-order chi connectivity index (χ0) is 21.9. The van der Waals surface area contributed by atoms with Crippen molar-refractivity contribution in [1.29, 1.82) is 0 Å². The molecular weight excluding hydrogens is 402 g/mol. The molecule has 0 amide bonds. The molecule has 0 spiro atoms. The molecule has 4 nitrogen and oxygen atoms in total. The van der Waals surface area contributed by atoms with Gasteiger partial charge in [0, 0.05) is 6.42 Å². The highest BCUT2D eigenvalue weighted by Crippen LogP contribution is 2.35. The van der Waals surface area contributed by atoms with Gasteiger partial charge in [0.05, 0.1) is 0 Å². The van der Waals surface area contributed by atoms with Gasteiger partial charge in [0.2, 0.25) is 0 Å². The predicted molar refractivity (Wildman–Crippen MR) is 120 cm³/mol. The lowest BCUT2D eigenvalue weighted by Gasteiger charge is -2.16. The van der Waals surface area contributed by atoms with Gasteiger partial charge in [-0.3, -0.25) is 0 Å². The quantitative estimate of drug-likeness (QED) is 0.467. The van der Waals surface area contributed by atoms with Gasteiger partial charge >= 0.3 is 0 Å². The summed E-state index contributed by atoms with van der Waals surface area (Å²) < 4.78 is 18.6. The Morgan fingerprint density at radius 2 is 1.50 bits per heavy atom. The lowest BCUT2D eigenvalue weighted by Crippen LogP contribution is -2.02. The highest BCUT2D eigenvalue weighted by atomic mass is 31.2. The average Bonchev–Trinajstić information content (AvgIpc) is 2.66. The largest absolute Gasteiger partial charge is 0.508 e. The highest BCUT2D eigenvalue weighted by Gasteiger charge is 2.11. The van der Waals surface area contributed by atoms with E-state index in [1.54, 1.807) is 18.2 Å². The van der Waals surface area contributed by atoms with E-state index in [0.717, 1.165) is 33.4 Å². The van der Waals surface area contributed by atoms with Crippen LogP contribution in [0.3, 0.4) is 0 Å². The molecule has 0 saturated heterocycles. The third-order valence-corrected chi connectivity index (χ3v) is 5.48. The molecule has 0 saturated carbocycles. The monoisotopic (exact) mass is 428 g/mol. The summed E-state index contributed by atoms with van der Waals surface area (Å²) >= 11 is 0. The number of halogens is 1. The molecule has 0 aliphatic rings.